The van der Waals surface area contributed by atoms with E-state index in [-0.39, 0.29) is 18.0 Å². The van der Waals surface area contributed by atoms with Gasteiger partial charge in [-0.3, -0.25) is 9.59 Å². The van der Waals surface area contributed by atoms with Gasteiger partial charge in [-0.15, -0.1) is 0 Å². The average Bonchev–Trinajstić information content (AvgIpc) is 1.95. The van der Waals surface area contributed by atoms with Crippen molar-refractivity contribution in [3.8, 4) is 0 Å². The van der Waals surface area contributed by atoms with Gasteiger partial charge in [0.2, 0.25) is 0 Å². The van der Waals surface area contributed by atoms with Gasteiger partial charge in [-0.1, -0.05) is 5.16 Å². The maximum Gasteiger partial charge on any atom is 0.187 e. The molecule has 1 fully saturated rings. The number of carbonyl (C=O) groups is 2. The number of hydrogen-bond donors (Lipinski definition) is 0. The summed E-state index contributed by atoms with van der Waals surface area (Å²) >= 11 is 0. The van der Waals surface area contributed by atoms with Gasteiger partial charge in [0.05, 0.1) is 6.42 Å². The molecule has 0 amide bonds. The number of carbonyl (C=O) groups excluding carboxylic acids is 2. The molecule has 0 spiro atoms. The Kier molecular flexibility index (Phi) is 2.36. The van der Waals surface area contributed by atoms with Crippen molar-refractivity contribution in [2.45, 2.75) is 19.3 Å². The lowest BCUT2D eigenvalue weighted by atomic mass is 9.96. The highest BCUT2D eigenvalue weighted by molar-refractivity contribution is 6.44. The molecule has 0 bridgehead atoms. The first kappa shape index (κ1) is 7.91. The molecule has 0 atom stereocenters. The normalized spacial score (nSPS) is 22.5. The van der Waals surface area contributed by atoms with E-state index in [4.69, 9.17) is 0 Å². The first-order valence-corrected chi connectivity index (χ1v) is 3.39. The van der Waals surface area contributed by atoms with Crippen LogP contribution in [0.15, 0.2) is 5.16 Å². The molecule has 60 valence electrons. The Bertz CT molecular complexity index is 220. The van der Waals surface area contributed by atoms with E-state index in [0.717, 1.165) is 0 Å². The number of hydrogen-bond acceptors (Lipinski definition) is 4. The maximum atomic E-state index is 11.0. The quantitative estimate of drug-likeness (QED) is 0.404. The van der Waals surface area contributed by atoms with Gasteiger partial charge >= 0.3 is 0 Å². The average molecular weight is 155 g/mol. The zero-order chi connectivity index (χ0) is 8.27. The molecule has 0 aromatic heterocycles. The fourth-order valence-electron chi connectivity index (χ4n) is 0.973. The van der Waals surface area contributed by atoms with E-state index in [0.29, 0.717) is 18.6 Å². The molecule has 1 saturated carbocycles. The molecule has 1 rings (SSSR count). The van der Waals surface area contributed by atoms with Gasteiger partial charge in [0.1, 0.15) is 18.6 Å². The molecule has 0 N–H and O–H groups in total. The Labute approximate surface area is 64.2 Å². The Morgan fingerprint density at radius 3 is 2.64 bits per heavy atom. The number of nitrogens with zero attached hydrogens (tertiary/aromatic N) is 1. The highest BCUT2D eigenvalue weighted by atomic mass is 16.6. The van der Waals surface area contributed by atoms with Crippen LogP contribution in [0.1, 0.15) is 19.3 Å². The second-order valence-corrected chi connectivity index (χ2v) is 2.36. The molecule has 0 saturated heterocycles. The Hall–Kier alpha value is -1.19. The summed E-state index contributed by atoms with van der Waals surface area (Å²) in [6.45, 7) is 0. The Balaban J connectivity index is 2.65. The third kappa shape index (κ3) is 1.86. The van der Waals surface area contributed by atoms with Gasteiger partial charge < -0.3 is 4.84 Å². The van der Waals surface area contributed by atoms with Crippen molar-refractivity contribution in [2.75, 3.05) is 7.11 Å². The third-order valence-electron chi connectivity index (χ3n) is 1.52. The van der Waals surface area contributed by atoms with Gasteiger partial charge in [-0.05, 0) is 0 Å². The van der Waals surface area contributed by atoms with Crippen LogP contribution in [0.4, 0.5) is 0 Å². The predicted molar refractivity (Wildman–Crippen MR) is 38.3 cm³/mol. The van der Waals surface area contributed by atoms with Crippen molar-refractivity contribution < 1.29 is 14.4 Å². The summed E-state index contributed by atoms with van der Waals surface area (Å²) < 4.78 is 0. The van der Waals surface area contributed by atoms with Crippen LogP contribution in [0.3, 0.4) is 0 Å². The van der Waals surface area contributed by atoms with Crippen molar-refractivity contribution in [3.05, 3.63) is 0 Å². The Morgan fingerprint density at radius 2 is 2.09 bits per heavy atom. The highest BCUT2D eigenvalue weighted by Gasteiger charge is 2.22. The van der Waals surface area contributed by atoms with Gasteiger partial charge in [0, 0.05) is 12.8 Å². The molecule has 0 heterocycles. The maximum absolute atomic E-state index is 11.0. The van der Waals surface area contributed by atoms with Crippen LogP contribution in [0.5, 0.6) is 0 Å². The van der Waals surface area contributed by atoms with Crippen LogP contribution in [-0.2, 0) is 14.4 Å². The van der Waals surface area contributed by atoms with E-state index >= 15 is 0 Å². The van der Waals surface area contributed by atoms with Crippen molar-refractivity contribution in [1.82, 2.24) is 0 Å². The summed E-state index contributed by atoms with van der Waals surface area (Å²) in [5, 5.41) is 3.51. The zero-order valence-electron chi connectivity index (χ0n) is 6.29. The monoisotopic (exact) mass is 155 g/mol. The zero-order valence-corrected chi connectivity index (χ0v) is 6.29. The van der Waals surface area contributed by atoms with Crippen LogP contribution in [0, 0.1) is 0 Å². The van der Waals surface area contributed by atoms with Crippen LogP contribution in [-0.4, -0.2) is 24.4 Å². The molecular weight excluding hydrogens is 146 g/mol. The molecule has 0 aromatic rings. The number of Topliss-reactive ketones (excluding diaryl/α,β-unsaturated/α-hetero) is 2. The van der Waals surface area contributed by atoms with Crippen LogP contribution in [0.2, 0.25) is 0 Å². The SMILES string of the molecule is CON=C1CCC(=O)CC1=O. The summed E-state index contributed by atoms with van der Waals surface area (Å²) in [6, 6.07) is 0. The van der Waals surface area contributed by atoms with E-state index in [1.54, 1.807) is 0 Å². The largest absolute Gasteiger partial charge is 0.399 e. The fourth-order valence-corrected chi connectivity index (χ4v) is 0.973. The molecule has 4 heteroatoms. The van der Waals surface area contributed by atoms with Crippen LogP contribution < -0.4 is 0 Å². The van der Waals surface area contributed by atoms with E-state index in [1.807, 2.05) is 0 Å². The molecule has 0 aromatic carbocycles. The Morgan fingerprint density at radius 1 is 1.36 bits per heavy atom. The molecule has 0 radical (unpaired) electrons. The van der Waals surface area contributed by atoms with Crippen molar-refractivity contribution >= 4 is 17.3 Å². The minimum absolute atomic E-state index is 0.00921. The molecule has 11 heavy (non-hydrogen) atoms. The summed E-state index contributed by atoms with van der Waals surface area (Å²) in [7, 11) is 1.39. The van der Waals surface area contributed by atoms with E-state index in [1.165, 1.54) is 7.11 Å². The van der Waals surface area contributed by atoms with Gasteiger partial charge in [0.25, 0.3) is 0 Å². The summed E-state index contributed by atoms with van der Waals surface area (Å²) in [4.78, 5) is 26.1. The summed E-state index contributed by atoms with van der Waals surface area (Å²) in [6.07, 6.45) is 0.821. The lowest BCUT2D eigenvalue weighted by Crippen LogP contribution is -2.24. The minimum Gasteiger partial charge on any atom is -0.399 e. The fraction of sp³-hybridized carbons (Fsp3) is 0.571. The molecule has 0 aliphatic heterocycles. The minimum atomic E-state index is -0.205. The van der Waals surface area contributed by atoms with Gasteiger partial charge in [-0.2, -0.15) is 0 Å². The topological polar surface area (TPSA) is 55.7 Å². The standard InChI is InChI=1S/C7H9NO3/c1-11-8-6-3-2-5(9)4-7(6)10/h2-4H2,1H3. The van der Waals surface area contributed by atoms with Crippen molar-refractivity contribution in [1.29, 1.82) is 0 Å². The predicted octanol–water partition coefficient (Wildman–Crippen LogP) is 0.311. The highest BCUT2D eigenvalue weighted by Crippen LogP contribution is 2.08. The van der Waals surface area contributed by atoms with E-state index in [2.05, 4.69) is 9.99 Å². The van der Waals surface area contributed by atoms with Crippen molar-refractivity contribution in [2.24, 2.45) is 5.16 Å². The van der Waals surface area contributed by atoms with Gasteiger partial charge in [0.15, 0.2) is 5.78 Å². The van der Waals surface area contributed by atoms with Gasteiger partial charge in [-0.25, -0.2) is 0 Å². The number of ketones is 2. The van der Waals surface area contributed by atoms with E-state index < -0.39 is 0 Å². The van der Waals surface area contributed by atoms with Crippen LogP contribution in [0.25, 0.3) is 0 Å². The first-order valence-electron chi connectivity index (χ1n) is 3.39. The lowest BCUT2D eigenvalue weighted by Gasteiger charge is -2.08. The smallest absolute Gasteiger partial charge is 0.187 e. The molecular formula is C7H9NO3. The summed E-state index contributed by atoms with van der Waals surface area (Å²) in [5.41, 5.74) is 0.382. The molecule has 0 unspecified atom stereocenters. The number of rotatable bonds is 1. The number of oxime groups is 1. The molecule has 1 aliphatic carbocycles. The lowest BCUT2D eigenvalue weighted by molar-refractivity contribution is -0.125. The molecule has 4 nitrogen and oxygen atoms in total. The first-order chi connectivity index (χ1) is 5.24. The summed E-state index contributed by atoms with van der Waals surface area (Å²) in [5.74, 6) is -0.215. The van der Waals surface area contributed by atoms with Crippen molar-refractivity contribution in [3.63, 3.8) is 0 Å². The third-order valence-corrected chi connectivity index (χ3v) is 1.52. The van der Waals surface area contributed by atoms with E-state index in [9.17, 15) is 9.59 Å². The van der Waals surface area contributed by atoms with Crippen LogP contribution >= 0.6 is 0 Å². The second kappa shape index (κ2) is 3.27. The molecule has 1 aliphatic rings. The second-order valence-electron chi connectivity index (χ2n) is 2.36.